The fourth-order valence-electron chi connectivity index (χ4n) is 4.47. The smallest absolute Gasteiger partial charge is 0.155 e. The van der Waals surface area contributed by atoms with Crippen molar-refractivity contribution in [2.24, 2.45) is 28.6 Å². The standard InChI is InChI=1S/C19H35NOS/c1-7-16(22)20-15(17(21)18(2,3)4)10-12-8-13-11-14(9-12)19(13,5)6/h12-16,20,22H,7-11H2,1-6H3. The summed E-state index contributed by atoms with van der Waals surface area (Å²) in [5, 5.41) is 3.60. The van der Waals surface area contributed by atoms with Crippen LogP contribution >= 0.6 is 12.6 Å². The van der Waals surface area contributed by atoms with Crippen LogP contribution < -0.4 is 5.32 Å². The van der Waals surface area contributed by atoms with Gasteiger partial charge in [0, 0.05) is 5.41 Å². The third-order valence-electron chi connectivity index (χ3n) is 6.31. The van der Waals surface area contributed by atoms with Gasteiger partial charge in [0.05, 0.1) is 11.4 Å². The van der Waals surface area contributed by atoms with E-state index in [1.54, 1.807) is 0 Å². The van der Waals surface area contributed by atoms with Crippen molar-refractivity contribution < 1.29 is 4.79 Å². The molecule has 3 saturated carbocycles. The van der Waals surface area contributed by atoms with Gasteiger partial charge < -0.3 is 0 Å². The lowest BCUT2D eigenvalue weighted by Crippen LogP contribution is -2.53. The summed E-state index contributed by atoms with van der Waals surface area (Å²) in [5.41, 5.74) is 0.263. The van der Waals surface area contributed by atoms with Crippen LogP contribution in [0, 0.1) is 28.6 Å². The largest absolute Gasteiger partial charge is 0.297 e. The lowest BCUT2D eigenvalue weighted by atomic mass is 9.46. The average molecular weight is 326 g/mol. The van der Waals surface area contributed by atoms with Crippen molar-refractivity contribution in [3.63, 3.8) is 0 Å². The van der Waals surface area contributed by atoms with E-state index >= 15 is 0 Å². The van der Waals surface area contributed by atoms with Crippen molar-refractivity contribution in [3.05, 3.63) is 0 Å². The van der Waals surface area contributed by atoms with E-state index in [9.17, 15) is 4.79 Å². The first-order valence-electron chi connectivity index (χ1n) is 9.04. The van der Waals surface area contributed by atoms with Gasteiger partial charge in [-0.1, -0.05) is 41.5 Å². The van der Waals surface area contributed by atoms with Gasteiger partial charge in [-0.3, -0.25) is 10.1 Å². The maximum atomic E-state index is 12.8. The van der Waals surface area contributed by atoms with E-state index in [1.807, 2.05) is 20.8 Å². The minimum Gasteiger partial charge on any atom is -0.297 e. The Balaban J connectivity index is 2.00. The zero-order valence-corrected chi connectivity index (χ0v) is 16.2. The van der Waals surface area contributed by atoms with Gasteiger partial charge in [-0.25, -0.2) is 0 Å². The summed E-state index contributed by atoms with van der Waals surface area (Å²) >= 11 is 4.57. The zero-order valence-electron chi connectivity index (χ0n) is 15.3. The monoisotopic (exact) mass is 325 g/mol. The molecule has 3 fully saturated rings. The molecule has 0 radical (unpaired) electrons. The Hall–Kier alpha value is -0.0200. The van der Waals surface area contributed by atoms with Crippen molar-refractivity contribution in [3.8, 4) is 0 Å². The van der Waals surface area contributed by atoms with Crippen LogP contribution in [0.4, 0.5) is 0 Å². The lowest BCUT2D eigenvalue weighted by molar-refractivity contribution is -0.130. The van der Waals surface area contributed by atoms with Gasteiger partial charge in [0.1, 0.15) is 0 Å². The first-order valence-corrected chi connectivity index (χ1v) is 9.55. The van der Waals surface area contributed by atoms with Gasteiger partial charge in [0.25, 0.3) is 0 Å². The first kappa shape index (κ1) is 18.3. The molecular weight excluding hydrogens is 290 g/mol. The van der Waals surface area contributed by atoms with Crippen LogP contribution in [0.25, 0.3) is 0 Å². The Kier molecular flexibility index (Phi) is 5.39. The van der Waals surface area contributed by atoms with E-state index in [1.165, 1.54) is 19.3 Å². The number of rotatable bonds is 6. The molecule has 0 amide bonds. The summed E-state index contributed by atoms with van der Waals surface area (Å²) in [4.78, 5) is 12.8. The highest BCUT2D eigenvalue weighted by Gasteiger charge is 2.52. The summed E-state index contributed by atoms with van der Waals surface area (Å²) in [7, 11) is 0. The van der Waals surface area contributed by atoms with E-state index in [0.717, 1.165) is 24.7 Å². The molecule has 3 aliphatic rings. The van der Waals surface area contributed by atoms with E-state index in [-0.39, 0.29) is 16.8 Å². The summed E-state index contributed by atoms with van der Waals surface area (Å²) in [6, 6.07) is -0.0342. The molecular formula is C19H35NOS. The summed E-state index contributed by atoms with van der Waals surface area (Å²) in [5.74, 6) is 2.80. The molecule has 0 saturated heterocycles. The number of carbonyl (C=O) groups excluding carboxylic acids is 1. The molecule has 2 bridgehead atoms. The van der Waals surface area contributed by atoms with Crippen LogP contribution in [0.1, 0.15) is 73.6 Å². The van der Waals surface area contributed by atoms with Gasteiger partial charge in [0.15, 0.2) is 5.78 Å². The number of ketones is 1. The molecule has 128 valence electrons. The molecule has 2 nitrogen and oxygen atoms in total. The molecule has 3 aliphatic carbocycles. The average Bonchev–Trinajstić information content (AvgIpc) is 2.44. The van der Waals surface area contributed by atoms with Gasteiger partial charge in [0.2, 0.25) is 0 Å². The second-order valence-electron chi connectivity index (χ2n) is 9.28. The number of nitrogens with one attached hydrogen (secondary N) is 1. The maximum absolute atomic E-state index is 12.8. The quantitative estimate of drug-likeness (QED) is 0.548. The highest BCUT2D eigenvalue weighted by molar-refractivity contribution is 7.80. The van der Waals surface area contributed by atoms with Gasteiger partial charge in [-0.2, -0.15) is 12.6 Å². The van der Waals surface area contributed by atoms with Crippen LogP contribution in [-0.2, 0) is 4.79 Å². The van der Waals surface area contributed by atoms with Crippen LogP contribution in [0.5, 0.6) is 0 Å². The Bertz CT molecular complexity index is 398. The predicted molar refractivity (Wildman–Crippen MR) is 97.2 cm³/mol. The topological polar surface area (TPSA) is 29.1 Å². The number of fused-ring (bicyclic) bond motifs is 2. The lowest BCUT2D eigenvalue weighted by Gasteiger charge is -2.59. The molecule has 4 unspecified atom stereocenters. The SMILES string of the molecule is CCC(S)NC(CC1CC2CC(C1)C2(C)C)C(=O)C(C)(C)C. The molecule has 0 aromatic heterocycles. The Morgan fingerprint density at radius 2 is 1.77 bits per heavy atom. The van der Waals surface area contributed by atoms with Crippen molar-refractivity contribution in [1.82, 2.24) is 5.32 Å². The molecule has 3 rings (SSSR count). The van der Waals surface area contributed by atoms with Crippen LogP contribution in [-0.4, -0.2) is 17.2 Å². The molecule has 3 heteroatoms. The third-order valence-corrected chi connectivity index (χ3v) is 6.83. The third kappa shape index (κ3) is 3.72. The van der Waals surface area contributed by atoms with Crippen molar-refractivity contribution in [1.29, 1.82) is 0 Å². The number of hydrogen-bond acceptors (Lipinski definition) is 3. The first-order chi connectivity index (χ1) is 10.1. The zero-order chi connectivity index (χ0) is 16.7. The highest BCUT2D eigenvalue weighted by atomic mass is 32.1. The summed E-state index contributed by atoms with van der Waals surface area (Å²) in [6.45, 7) is 13.1. The molecule has 0 spiro atoms. The van der Waals surface area contributed by atoms with Crippen LogP contribution in [0.3, 0.4) is 0 Å². The normalized spacial score (nSPS) is 33.0. The van der Waals surface area contributed by atoms with Gasteiger partial charge in [-0.15, -0.1) is 0 Å². The number of carbonyl (C=O) groups is 1. The molecule has 0 aromatic carbocycles. The fraction of sp³-hybridized carbons (Fsp3) is 0.947. The van der Waals surface area contributed by atoms with Gasteiger partial charge in [-0.05, 0) is 55.3 Å². The highest BCUT2D eigenvalue weighted by Crippen LogP contribution is 2.61. The van der Waals surface area contributed by atoms with E-state index in [2.05, 4.69) is 38.7 Å². The van der Waals surface area contributed by atoms with Crippen LogP contribution in [0.2, 0.25) is 0 Å². The molecule has 0 aromatic rings. The fourth-order valence-corrected chi connectivity index (χ4v) is 4.65. The number of Topliss-reactive ketones (excluding diaryl/α,β-unsaturated/α-hetero) is 1. The van der Waals surface area contributed by atoms with E-state index in [0.29, 0.717) is 17.1 Å². The Morgan fingerprint density at radius 1 is 1.23 bits per heavy atom. The Labute approximate surface area is 142 Å². The molecule has 4 atom stereocenters. The molecule has 1 N–H and O–H groups in total. The Morgan fingerprint density at radius 3 is 2.18 bits per heavy atom. The summed E-state index contributed by atoms with van der Waals surface area (Å²) < 4.78 is 0. The summed E-state index contributed by atoms with van der Waals surface area (Å²) in [6.07, 6.45) is 5.97. The minimum atomic E-state index is -0.282. The second kappa shape index (κ2) is 6.47. The number of hydrogen-bond donors (Lipinski definition) is 2. The van der Waals surface area contributed by atoms with Crippen LogP contribution in [0.15, 0.2) is 0 Å². The van der Waals surface area contributed by atoms with Crippen molar-refractivity contribution in [2.75, 3.05) is 0 Å². The van der Waals surface area contributed by atoms with Gasteiger partial charge >= 0.3 is 0 Å². The maximum Gasteiger partial charge on any atom is 0.155 e. The molecule has 22 heavy (non-hydrogen) atoms. The predicted octanol–water partition coefficient (Wildman–Crippen LogP) is 4.69. The number of thiol groups is 1. The minimum absolute atomic E-state index is 0.0342. The second-order valence-corrected chi connectivity index (χ2v) is 9.90. The van der Waals surface area contributed by atoms with Crippen molar-refractivity contribution >= 4 is 18.4 Å². The van der Waals surface area contributed by atoms with E-state index in [4.69, 9.17) is 0 Å². The van der Waals surface area contributed by atoms with Crippen molar-refractivity contribution in [2.45, 2.75) is 85.1 Å². The molecule has 0 aliphatic heterocycles. The molecule has 0 heterocycles. The van der Waals surface area contributed by atoms with E-state index < -0.39 is 0 Å².